The molecule has 0 amide bonds. The van der Waals surface area contributed by atoms with Gasteiger partial charge in [-0.3, -0.25) is 13.8 Å². The summed E-state index contributed by atoms with van der Waals surface area (Å²) in [4.78, 5) is 17.4. The van der Waals surface area contributed by atoms with Crippen molar-refractivity contribution in [2.24, 2.45) is 7.05 Å². The lowest BCUT2D eigenvalue weighted by Crippen LogP contribution is -2.36. The maximum atomic E-state index is 15.9. The van der Waals surface area contributed by atoms with Crippen molar-refractivity contribution in [3.05, 3.63) is 117 Å². The van der Waals surface area contributed by atoms with Crippen LogP contribution in [0.1, 0.15) is 60.6 Å². The van der Waals surface area contributed by atoms with Crippen molar-refractivity contribution in [2.45, 2.75) is 70.0 Å². The van der Waals surface area contributed by atoms with Crippen molar-refractivity contribution >= 4 is 31.8 Å². The molecule has 1 atom stereocenters. The molecule has 0 aliphatic carbocycles. The zero-order valence-electron chi connectivity index (χ0n) is 31.1. The van der Waals surface area contributed by atoms with Gasteiger partial charge in [0.15, 0.2) is 5.82 Å². The van der Waals surface area contributed by atoms with Gasteiger partial charge in [-0.1, -0.05) is 6.07 Å². The van der Waals surface area contributed by atoms with E-state index in [1.165, 1.54) is 38.1 Å². The van der Waals surface area contributed by atoms with Gasteiger partial charge < -0.3 is 9.72 Å². The Morgan fingerprint density at radius 3 is 2.51 bits per heavy atom. The average Bonchev–Trinajstić information content (AvgIpc) is 3.94. The Balaban J connectivity index is 1.12. The molecule has 7 aromatic rings. The summed E-state index contributed by atoms with van der Waals surface area (Å²) < 4.78 is 72.4. The summed E-state index contributed by atoms with van der Waals surface area (Å²) in [5.74, 6) is -0.371. The molecular weight excluding hydrogens is 727 g/mol. The highest BCUT2D eigenvalue weighted by atomic mass is 32.2. The van der Waals surface area contributed by atoms with Gasteiger partial charge in [-0.15, -0.1) is 0 Å². The van der Waals surface area contributed by atoms with Crippen molar-refractivity contribution in [1.29, 1.82) is 0 Å². The van der Waals surface area contributed by atoms with E-state index in [1.807, 2.05) is 6.07 Å². The standard InChI is InChI=1S/C40H40F2N8O4S/c1-23-16-28(17-24(2)36(23)41)50-38(49-14-13-48(39(49)51)34-9-8-33-29(37(34)42)21-43-46(33)5)30-22-47(12-10-32(30)45-50)55(52,53)35-19-27-18-25(6-7-31(27)44-35)26-11-15-54-40(3,4)20-26/h6-9,13-14,16-19,21,26,44H,10-12,15,20,22H2,1-5H3. The number of halogens is 2. The molecule has 0 bridgehead atoms. The predicted molar refractivity (Wildman–Crippen MR) is 204 cm³/mol. The number of sulfonamides is 1. The number of aromatic nitrogens is 7. The van der Waals surface area contributed by atoms with Crippen molar-refractivity contribution in [3.63, 3.8) is 0 Å². The van der Waals surface area contributed by atoms with Crippen LogP contribution in [0, 0.1) is 25.5 Å². The second kappa shape index (κ2) is 12.6. The normalized spacial score (nSPS) is 17.7. The number of benzene rings is 3. The summed E-state index contributed by atoms with van der Waals surface area (Å²) in [6, 6.07) is 14.2. The number of imidazole rings is 1. The molecule has 1 saturated heterocycles. The molecule has 55 heavy (non-hydrogen) atoms. The monoisotopic (exact) mass is 766 g/mol. The van der Waals surface area contributed by atoms with Crippen LogP contribution in [0.3, 0.4) is 0 Å². The Bertz CT molecular complexity index is 2840. The fourth-order valence-electron chi connectivity index (χ4n) is 8.28. The van der Waals surface area contributed by atoms with Crippen molar-refractivity contribution in [3.8, 4) is 17.2 Å². The smallest absolute Gasteiger partial charge is 0.338 e. The Labute approximate surface area is 315 Å². The summed E-state index contributed by atoms with van der Waals surface area (Å²) in [7, 11) is -2.34. The molecule has 1 fully saturated rings. The lowest BCUT2D eigenvalue weighted by Gasteiger charge is -2.35. The number of fused-ring (bicyclic) bond motifs is 3. The van der Waals surface area contributed by atoms with Gasteiger partial charge in [0.05, 0.1) is 39.8 Å². The van der Waals surface area contributed by atoms with Crippen molar-refractivity contribution < 1.29 is 21.9 Å². The van der Waals surface area contributed by atoms with Crippen LogP contribution in [0.5, 0.6) is 0 Å². The van der Waals surface area contributed by atoms with Gasteiger partial charge in [0.25, 0.3) is 10.0 Å². The van der Waals surface area contributed by atoms with Gasteiger partial charge >= 0.3 is 5.69 Å². The molecule has 6 heterocycles. The third-order valence-electron chi connectivity index (χ3n) is 11.2. The minimum absolute atomic E-state index is 0.0318. The maximum Gasteiger partial charge on any atom is 0.338 e. The number of hydrogen-bond acceptors (Lipinski definition) is 6. The summed E-state index contributed by atoms with van der Waals surface area (Å²) in [5, 5.41) is 10.2. The summed E-state index contributed by atoms with van der Waals surface area (Å²) in [6.45, 7) is 8.22. The number of aryl methyl sites for hydroxylation is 3. The predicted octanol–water partition coefficient (Wildman–Crippen LogP) is 6.50. The molecule has 4 aromatic heterocycles. The molecule has 284 valence electrons. The molecule has 3 aromatic carbocycles. The molecular formula is C40H40F2N8O4S. The average molecular weight is 767 g/mol. The van der Waals surface area contributed by atoms with E-state index in [0.717, 1.165) is 23.8 Å². The Kier molecular flexibility index (Phi) is 8.08. The third-order valence-corrected chi connectivity index (χ3v) is 12.9. The summed E-state index contributed by atoms with van der Waals surface area (Å²) in [5.41, 5.74) is 4.03. The molecule has 0 spiro atoms. The third kappa shape index (κ3) is 5.75. The zero-order valence-corrected chi connectivity index (χ0v) is 31.9. The second-order valence-electron chi connectivity index (χ2n) is 15.3. The van der Waals surface area contributed by atoms with Gasteiger partial charge in [-0.05, 0) is 106 Å². The number of rotatable bonds is 6. The molecule has 2 aliphatic heterocycles. The highest BCUT2D eigenvalue weighted by Gasteiger charge is 2.35. The Morgan fingerprint density at radius 1 is 0.982 bits per heavy atom. The maximum absolute atomic E-state index is 15.9. The Hall–Kier alpha value is -5.38. The van der Waals surface area contributed by atoms with E-state index >= 15 is 4.39 Å². The van der Waals surface area contributed by atoms with Gasteiger partial charge in [0, 0.05) is 62.0 Å². The quantitative estimate of drug-likeness (QED) is 0.206. The first kappa shape index (κ1) is 35.3. The highest BCUT2D eigenvalue weighted by molar-refractivity contribution is 7.89. The number of nitrogens with one attached hydrogen (secondary N) is 1. The van der Waals surface area contributed by atoms with E-state index in [9.17, 15) is 17.6 Å². The van der Waals surface area contributed by atoms with Crippen LogP contribution in [0.2, 0.25) is 0 Å². The zero-order chi connectivity index (χ0) is 38.6. The second-order valence-corrected chi connectivity index (χ2v) is 17.2. The van der Waals surface area contributed by atoms with Gasteiger partial charge in [-0.25, -0.2) is 26.7 Å². The minimum Gasteiger partial charge on any atom is -0.376 e. The van der Waals surface area contributed by atoms with E-state index in [2.05, 4.69) is 36.1 Å². The number of ether oxygens (including phenoxy) is 1. The fraction of sp³-hybridized carbons (Fsp3) is 0.325. The lowest BCUT2D eigenvalue weighted by atomic mass is 9.83. The number of nitrogens with zero attached hydrogens (tertiary/aromatic N) is 7. The number of aromatic amines is 1. The molecule has 1 N–H and O–H groups in total. The van der Waals surface area contributed by atoms with Gasteiger partial charge in [-0.2, -0.15) is 14.5 Å². The van der Waals surface area contributed by atoms with Gasteiger partial charge in [0.2, 0.25) is 0 Å². The van der Waals surface area contributed by atoms with Crippen LogP contribution < -0.4 is 5.69 Å². The molecule has 2 aliphatic rings. The molecule has 0 saturated carbocycles. The molecule has 0 radical (unpaired) electrons. The first-order valence-electron chi connectivity index (χ1n) is 18.3. The van der Waals surface area contributed by atoms with E-state index in [1.54, 1.807) is 54.5 Å². The lowest BCUT2D eigenvalue weighted by molar-refractivity contribution is -0.0592. The molecule has 1 unspecified atom stereocenters. The van der Waals surface area contributed by atoms with E-state index in [0.29, 0.717) is 51.6 Å². The first-order chi connectivity index (χ1) is 26.2. The molecule has 12 nitrogen and oxygen atoms in total. The van der Waals surface area contributed by atoms with Crippen LogP contribution in [-0.4, -0.2) is 65.2 Å². The largest absolute Gasteiger partial charge is 0.376 e. The van der Waals surface area contributed by atoms with Crippen LogP contribution in [0.15, 0.2) is 76.9 Å². The van der Waals surface area contributed by atoms with Crippen LogP contribution in [0.4, 0.5) is 8.78 Å². The molecule has 15 heteroatoms. The van der Waals surface area contributed by atoms with Gasteiger partial charge in [0.1, 0.15) is 16.7 Å². The minimum atomic E-state index is -4.05. The first-order valence-corrected chi connectivity index (χ1v) is 19.7. The number of H-pyrrole nitrogens is 1. The summed E-state index contributed by atoms with van der Waals surface area (Å²) in [6.07, 6.45) is 6.42. The highest BCUT2D eigenvalue weighted by Crippen LogP contribution is 2.38. The van der Waals surface area contributed by atoms with E-state index < -0.39 is 21.5 Å². The van der Waals surface area contributed by atoms with E-state index in [-0.39, 0.29) is 52.8 Å². The number of hydrogen-bond donors (Lipinski definition) is 1. The fourth-order valence-corrected chi connectivity index (χ4v) is 9.70. The summed E-state index contributed by atoms with van der Waals surface area (Å²) >= 11 is 0. The van der Waals surface area contributed by atoms with Crippen molar-refractivity contribution in [1.82, 2.24) is 38.0 Å². The van der Waals surface area contributed by atoms with Crippen LogP contribution >= 0.6 is 0 Å². The topological polar surface area (TPSA) is 125 Å². The Morgan fingerprint density at radius 2 is 1.75 bits per heavy atom. The van der Waals surface area contributed by atoms with Crippen LogP contribution in [-0.2, 0) is 34.8 Å². The van der Waals surface area contributed by atoms with Crippen LogP contribution in [0.25, 0.3) is 39.0 Å². The van der Waals surface area contributed by atoms with E-state index in [4.69, 9.17) is 9.84 Å². The van der Waals surface area contributed by atoms with Crippen molar-refractivity contribution in [2.75, 3.05) is 13.2 Å². The molecule has 9 rings (SSSR count). The SMILES string of the molecule is Cc1cc(-n2nc3c(c2-n2ccn(-c4ccc5c(cnn5C)c4F)c2=O)CN(S(=O)(=O)c2cc4cc(C5CCOC(C)(C)C5)ccc4[nH]2)CC3)cc(C)c1F.